The summed E-state index contributed by atoms with van der Waals surface area (Å²) in [5.74, 6) is 0. The molecule has 0 amide bonds. The molecule has 1 heterocycles. The third-order valence-corrected chi connectivity index (χ3v) is 4.25. The van der Waals surface area contributed by atoms with Crippen LogP contribution in [0.1, 0.15) is 16.8 Å². The molecule has 0 fully saturated rings. The molecule has 2 aromatic carbocycles. The number of nitrogens with zero attached hydrogens (tertiary/aromatic N) is 1. The molecule has 0 spiro atoms. The first-order valence-electron chi connectivity index (χ1n) is 6.93. The van der Waals surface area contributed by atoms with Gasteiger partial charge in [-0.2, -0.15) is 5.10 Å². The van der Waals surface area contributed by atoms with Crippen molar-refractivity contribution in [3.8, 4) is 0 Å². The largest absolute Gasteiger partial charge is 0.358 e. The highest BCUT2D eigenvalue weighted by Crippen LogP contribution is 2.24. The first-order valence-corrected chi connectivity index (χ1v) is 7.68. The molecule has 0 saturated heterocycles. The smallest absolute Gasteiger partial charge is 0.0609 e. The summed E-state index contributed by atoms with van der Waals surface area (Å²) >= 11 is 12.3. The lowest BCUT2D eigenvalue weighted by Crippen LogP contribution is -2.06. The minimum absolute atomic E-state index is 0.483. The van der Waals surface area contributed by atoms with Crippen molar-refractivity contribution in [1.29, 1.82) is 0 Å². The Balaban J connectivity index is 1.76. The average molecular weight is 332 g/mol. The van der Waals surface area contributed by atoms with Gasteiger partial charge in [-0.1, -0.05) is 47.5 Å². The molecular weight excluding hydrogens is 317 g/mol. The van der Waals surface area contributed by atoms with E-state index in [1.165, 1.54) is 0 Å². The molecule has 0 unspecified atom stereocenters. The van der Waals surface area contributed by atoms with Crippen LogP contribution in [0.15, 0.2) is 47.6 Å². The topological polar surface area (TPSA) is 40.2 Å². The summed E-state index contributed by atoms with van der Waals surface area (Å²) in [5, 5.41) is 6.72. The van der Waals surface area contributed by atoms with Crippen LogP contribution in [0.25, 0.3) is 10.9 Å². The van der Waals surface area contributed by atoms with Gasteiger partial charge in [-0.05, 0) is 25.1 Å². The fourth-order valence-corrected chi connectivity index (χ4v) is 2.93. The van der Waals surface area contributed by atoms with Crippen LogP contribution in [0.5, 0.6) is 0 Å². The van der Waals surface area contributed by atoms with Crippen molar-refractivity contribution in [2.24, 2.45) is 5.10 Å². The minimum Gasteiger partial charge on any atom is -0.358 e. The second kappa shape index (κ2) is 6.42. The Kier molecular flexibility index (Phi) is 4.36. The zero-order valence-corrected chi connectivity index (χ0v) is 13.5. The number of benzene rings is 2. The SMILES string of the molecule is Cc1[nH]c2ccccc2c1/C=N\NCc1c(Cl)cccc1Cl. The van der Waals surface area contributed by atoms with Gasteiger partial charge < -0.3 is 10.4 Å². The number of H-pyrrole nitrogens is 1. The molecule has 1 aromatic heterocycles. The quantitative estimate of drug-likeness (QED) is 0.517. The molecule has 2 N–H and O–H groups in total. The zero-order chi connectivity index (χ0) is 15.5. The summed E-state index contributed by atoms with van der Waals surface area (Å²) in [6.07, 6.45) is 1.82. The number of halogens is 2. The third-order valence-electron chi connectivity index (χ3n) is 3.55. The van der Waals surface area contributed by atoms with Gasteiger partial charge in [-0.25, -0.2) is 0 Å². The second-order valence-corrected chi connectivity index (χ2v) is 5.82. The third kappa shape index (κ3) is 2.96. The number of hydrogen-bond acceptors (Lipinski definition) is 2. The number of hydrogen-bond donors (Lipinski definition) is 2. The van der Waals surface area contributed by atoms with Crippen LogP contribution in [0, 0.1) is 6.92 Å². The number of hydrazone groups is 1. The molecule has 5 heteroatoms. The summed E-state index contributed by atoms with van der Waals surface area (Å²) < 4.78 is 0. The standard InChI is InChI=1S/C17H15Cl2N3/c1-11-13(12-5-2-3-8-17(12)22-11)9-20-21-10-14-15(18)6-4-7-16(14)19/h2-9,21-22H,10H2,1H3/b20-9-. The first kappa shape index (κ1) is 14.9. The molecule has 0 aliphatic heterocycles. The molecule has 0 aliphatic carbocycles. The lowest BCUT2D eigenvalue weighted by atomic mass is 10.1. The van der Waals surface area contributed by atoms with Crippen LogP contribution in [-0.4, -0.2) is 11.2 Å². The summed E-state index contributed by atoms with van der Waals surface area (Å²) in [4.78, 5) is 3.34. The van der Waals surface area contributed by atoms with Crippen LogP contribution < -0.4 is 5.43 Å². The molecular formula is C17H15Cl2N3. The maximum absolute atomic E-state index is 6.13. The molecule has 3 aromatic rings. The van der Waals surface area contributed by atoms with Gasteiger partial charge in [-0.15, -0.1) is 0 Å². The number of para-hydroxylation sites is 1. The van der Waals surface area contributed by atoms with Gasteiger partial charge in [0.15, 0.2) is 0 Å². The Hall–Kier alpha value is -1.97. The van der Waals surface area contributed by atoms with Gasteiger partial charge in [0.25, 0.3) is 0 Å². The molecule has 112 valence electrons. The van der Waals surface area contributed by atoms with Gasteiger partial charge in [0.2, 0.25) is 0 Å². The number of nitrogens with one attached hydrogen (secondary N) is 2. The molecule has 0 aliphatic rings. The molecule has 0 atom stereocenters. The van der Waals surface area contributed by atoms with E-state index in [0.29, 0.717) is 16.6 Å². The summed E-state index contributed by atoms with van der Waals surface area (Å²) in [5.41, 5.74) is 7.12. The van der Waals surface area contributed by atoms with Crippen molar-refractivity contribution in [2.75, 3.05) is 0 Å². The molecule has 22 heavy (non-hydrogen) atoms. The van der Waals surface area contributed by atoms with E-state index in [1.54, 1.807) is 0 Å². The number of aromatic amines is 1. The predicted octanol–water partition coefficient (Wildman–Crippen LogP) is 4.91. The Bertz CT molecular complexity index is 817. The number of aromatic nitrogens is 1. The van der Waals surface area contributed by atoms with Gasteiger partial charge >= 0.3 is 0 Å². The van der Waals surface area contributed by atoms with Crippen molar-refractivity contribution in [1.82, 2.24) is 10.4 Å². The van der Waals surface area contributed by atoms with Gasteiger partial charge in [-0.3, -0.25) is 0 Å². The summed E-state index contributed by atoms with van der Waals surface area (Å²) in [7, 11) is 0. The van der Waals surface area contributed by atoms with E-state index in [4.69, 9.17) is 23.2 Å². The van der Waals surface area contributed by atoms with E-state index in [0.717, 1.165) is 27.7 Å². The van der Waals surface area contributed by atoms with Crippen molar-refractivity contribution in [3.63, 3.8) is 0 Å². The Morgan fingerprint density at radius 1 is 1.09 bits per heavy atom. The summed E-state index contributed by atoms with van der Waals surface area (Å²) in [6, 6.07) is 13.6. The maximum atomic E-state index is 6.13. The highest BCUT2D eigenvalue weighted by Gasteiger charge is 2.06. The number of fused-ring (bicyclic) bond motifs is 1. The maximum Gasteiger partial charge on any atom is 0.0609 e. The lowest BCUT2D eigenvalue weighted by Gasteiger charge is -2.05. The van der Waals surface area contributed by atoms with Crippen molar-refractivity contribution in [3.05, 3.63) is 69.3 Å². The highest BCUT2D eigenvalue weighted by molar-refractivity contribution is 6.35. The minimum atomic E-state index is 0.483. The van der Waals surface area contributed by atoms with Crippen LogP contribution in [-0.2, 0) is 6.54 Å². The average Bonchev–Trinajstić information content (AvgIpc) is 2.82. The zero-order valence-electron chi connectivity index (χ0n) is 12.0. The highest BCUT2D eigenvalue weighted by atomic mass is 35.5. The van der Waals surface area contributed by atoms with Gasteiger partial charge in [0, 0.05) is 37.8 Å². The lowest BCUT2D eigenvalue weighted by molar-refractivity contribution is 0.748. The molecule has 3 nitrogen and oxygen atoms in total. The van der Waals surface area contributed by atoms with Crippen LogP contribution in [0.2, 0.25) is 10.0 Å². The van der Waals surface area contributed by atoms with Gasteiger partial charge in [0.1, 0.15) is 0 Å². The fourth-order valence-electron chi connectivity index (χ4n) is 2.40. The monoisotopic (exact) mass is 331 g/mol. The molecule has 0 saturated carbocycles. The molecule has 0 bridgehead atoms. The van der Waals surface area contributed by atoms with E-state index in [9.17, 15) is 0 Å². The summed E-state index contributed by atoms with van der Waals surface area (Å²) in [6.45, 7) is 2.52. The normalized spacial score (nSPS) is 11.4. The van der Waals surface area contributed by atoms with Crippen molar-refractivity contribution < 1.29 is 0 Å². The Morgan fingerprint density at radius 3 is 2.59 bits per heavy atom. The van der Waals surface area contributed by atoms with E-state index < -0.39 is 0 Å². The van der Waals surface area contributed by atoms with E-state index >= 15 is 0 Å². The van der Waals surface area contributed by atoms with Crippen LogP contribution >= 0.6 is 23.2 Å². The number of rotatable bonds is 4. The number of aryl methyl sites for hydroxylation is 1. The fraction of sp³-hybridized carbons (Fsp3) is 0.118. The molecule has 3 rings (SSSR count). The second-order valence-electron chi connectivity index (χ2n) is 5.00. The Labute approximate surface area is 138 Å². The van der Waals surface area contributed by atoms with Gasteiger partial charge in [0.05, 0.1) is 12.8 Å². The van der Waals surface area contributed by atoms with Crippen molar-refractivity contribution in [2.45, 2.75) is 13.5 Å². The van der Waals surface area contributed by atoms with E-state index in [-0.39, 0.29) is 0 Å². The predicted molar refractivity (Wildman–Crippen MR) is 93.9 cm³/mol. The van der Waals surface area contributed by atoms with E-state index in [1.807, 2.05) is 43.5 Å². The molecule has 0 radical (unpaired) electrons. The Morgan fingerprint density at radius 2 is 1.82 bits per heavy atom. The van der Waals surface area contributed by atoms with Crippen LogP contribution in [0.4, 0.5) is 0 Å². The van der Waals surface area contributed by atoms with Crippen LogP contribution in [0.3, 0.4) is 0 Å². The first-order chi connectivity index (χ1) is 10.7. The van der Waals surface area contributed by atoms with Crippen molar-refractivity contribution >= 4 is 40.3 Å². The van der Waals surface area contributed by atoms with E-state index in [2.05, 4.69) is 27.6 Å².